The quantitative estimate of drug-likeness (QED) is 0.666. The largest absolute Gasteiger partial charge is 0.436 e. The Kier molecular flexibility index (Phi) is 3.85. The Hall–Kier alpha value is -2.21. The Labute approximate surface area is 117 Å². The summed E-state index contributed by atoms with van der Waals surface area (Å²) in [5.74, 6) is 4.98. The number of nitrogen functional groups attached to an aromatic ring is 1. The Morgan fingerprint density at radius 1 is 1.30 bits per heavy atom. The summed E-state index contributed by atoms with van der Waals surface area (Å²) in [6.45, 7) is 6.27. The summed E-state index contributed by atoms with van der Waals surface area (Å²) in [6, 6.07) is 7.45. The van der Waals surface area contributed by atoms with Crippen LogP contribution < -0.4 is 16.0 Å². The summed E-state index contributed by atoms with van der Waals surface area (Å²) in [5.41, 5.74) is 3.31. The maximum absolute atomic E-state index is 13.6. The smallest absolute Gasteiger partial charge is 0.260 e. The molecule has 0 atom stereocenters. The molecule has 0 spiro atoms. The number of nitrogens with one attached hydrogen (secondary N) is 1. The van der Waals surface area contributed by atoms with E-state index in [1.165, 1.54) is 0 Å². The summed E-state index contributed by atoms with van der Waals surface area (Å²) >= 11 is 0. The van der Waals surface area contributed by atoms with Crippen molar-refractivity contribution in [3.63, 3.8) is 0 Å². The topological polar surface area (TPSA) is 73.1 Å². The molecule has 2 rings (SSSR count). The summed E-state index contributed by atoms with van der Waals surface area (Å²) in [6.07, 6.45) is 1.01. The van der Waals surface area contributed by atoms with E-state index in [4.69, 9.17) is 10.6 Å². The first-order chi connectivity index (χ1) is 9.40. The Balaban J connectivity index is 2.30. The van der Waals surface area contributed by atoms with Crippen LogP contribution >= 0.6 is 0 Å². The molecule has 3 N–H and O–H groups in total. The van der Waals surface area contributed by atoms with Crippen LogP contribution in [-0.2, 0) is 5.41 Å². The van der Waals surface area contributed by atoms with Crippen molar-refractivity contribution in [1.29, 1.82) is 0 Å². The molecule has 0 radical (unpaired) electrons. The van der Waals surface area contributed by atoms with Crippen LogP contribution in [0.1, 0.15) is 26.3 Å². The predicted molar refractivity (Wildman–Crippen MR) is 75.0 cm³/mol. The van der Waals surface area contributed by atoms with Gasteiger partial charge in [-0.1, -0.05) is 32.9 Å². The molecule has 2 aromatic rings. The predicted octanol–water partition coefficient (Wildman–Crippen LogP) is 2.99. The van der Waals surface area contributed by atoms with Crippen molar-refractivity contribution < 1.29 is 9.13 Å². The molecule has 0 unspecified atom stereocenters. The van der Waals surface area contributed by atoms with Crippen LogP contribution in [0.15, 0.2) is 30.5 Å². The Morgan fingerprint density at radius 2 is 2.05 bits per heavy atom. The molecule has 0 amide bonds. The Bertz CT molecular complexity index is 610. The fourth-order valence-electron chi connectivity index (χ4n) is 1.63. The number of nitrogens with zero attached hydrogens (tertiary/aromatic N) is 2. The first kappa shape index (κ1) is 14.2. The summed E-state index contributed by atoms with van der Waals surface area (Å²) in [7, 11) is 0. The maximum Gasteiger partial charge on any atom is 0.260 e. The zero-order chi connectivity index (χ0) is 14.8. The molecular formula is C14H17FN4O. The second-order valence-electron chi connectivity index (χ2n) is 5.37. The fourth-order valence-corrected chi connectivity index (χ4v) is 1.63. The van der Waals surface area contributed by atoms with Gasteiger partial charge in [-0.2, -0.15) is 9.37 Å². The molecule has 1 aromatic carbocycles. The van der Waals surface area contributed by atoms with E-state index in [0.717, 1.165) is 11.8 Å². The van der Waals surface area contributed by atoms with E-state index in [1.807, 2.05) is 18.2 Å². The lowest BCUT2D eigenvalue weighted by Gasteiger charge is -2.19. The lowest BCUT2D eigenvalue weighted by atomic mass is 9.87. The van der Waals surface area contributed by atoms with E-state index < -0.39 is 5.82 Å². The molecule has 0 saturated carbocycles. The van der Waals surface area contributed by atoms with Gasteiger partial charge in [0.25, 0.3) is 5.88 Å². The minimum Gasteiger partial charge on any atom is -0.436 e. The second-order valence-corrected chi connectivity index (χ2v) is 5.37. The summed E-state index contributed by atoms with van der Waals surface area (Å²) in [4.78, 5) is 7.49. The molecule has 6 heteroatoms. The fraction of sp³-hybridized carbons (Fsp3) is 0.286. The lowest BCUT2D eigenvalue weighted by Crippen LogP contribution is -2.12. The number of hydrazine groups is 1. The van der Waals surface area contributed by atoms with E-state index in [1.54, 1.807) is 6.07 Å². The van der Waals surface area contributed by atoms with E-state index in [9.17, 15) is 4.39 Å². The van der Waals surface area contributed by atoms with Crippen molar-refractivity contribution in [2.75, 3.05) is 5.43 Å². The highest BCUT2D eigenvalue weighted by atomic mass is 19.1. The number of halogens is 1. The summed E-state index contributed by atoms with van der Waals surface area (Å²) in [5, 5.41) is 0. The molecule has 0 bridgehead atoms. The molecule has 1 heterocycles. The van der Waals surface area contributed by atoms with E-state index in [2.05, 4.69) is 36.2 Å². The van der Waals surface area contributed by atoms with Crippen LogP contribution in [-0.4, -0.2) is 9.97 Å². The van der Waals surface area contributed by atoms with Gasteiger partial charge in [0.2, 0.25) is 11.8 Å². The molecular weight excluding hydrogens is 259 g/mol. The number of anilines is 1. The van der Waals surface area contributed by atoms with Crippen LogP contribution in [0.4, 0.5) is 10.3 Å². The van der Waals surface area contributed by atoms with Gasteiger partial charge in [0.1, 0.15) is 5.75 Å². The van der Waals surface area contributed by atoms with Gasteiger partial charge >= 0.3 is 0 Å². The molecule has 5 nitrogen and oxygen atoms in total. The zero-order valence-electron chi connectivity index (χ0n) is 11.6. The van der Waals surface area contributed by atoms with Crippen molar-refractivity contribution in [3.8, 4) is 11.6 Å². The van der Waals surface area contributed by atoms with Gasteiger partial charge in [-0.15, -0.1) is 0 Å². The van der Waals surface area contributed by atoms with Crippen molar-refractivity contribution in [2.45, 2.75) is 26.2 Å². The van der Waals surface area contributed by atoms with E-state index in [-0.39, 0.29) is 17.2 Å². The van der Waals surface area contributed by atoms with Gasteiger partial charge in [-0.3, -0.25) is 5.43 Å². The number of rotatable bonds is 3. The zero-order valence-corrected chi connectivity index (χ0v) is 11.6. The van der Waals surface area contributed by atoms with Crippen LogP contribution in [0.25, 0.3) is 0 Å². The highest BCUT2D eigenvalue weighted by molar-refractivity contribution is 5.36. The van der Waals surface area contributed by atoms with Gasteiger partial charge in [0.15, 0.2) is 0 Å². The third-order valence-electron chi connectivity index (χ3n) is 2.76. The van der Waals surface area contributed by atoms with E-state index >= 15 is 0 Å². The first-order valence-electron chi connectivity index (χ1n) is 6.17. The van der Waals surface area contributed by atoms with Crippen LogP contribution in [0, 0.1) is 5.82 Å². The maximum atomic E-state index is 13.6. The van der Waals surface area contributed by atoms with Crippen molar-refractivity contribution in [1.82, 2.24) is 9.97 Å². The molecule has 0 aliphatic rings. The third-order valence-corrected chi connectivity index (χ3v) is 2.76. The van der Waals surface area contributed by atoms with E-state index in [0.29, 0.717) is 5.75 Å². The molecule has 0 saturated heterocycles. The number of benzene rings is 1. The molecule has 1 aromatic heterocycles. The lowest BCUT2D eigenvalue weighted by molar-refractivity contribution is 0.419. The highest BCUT2D eigenvalue weighted by Crippen LogP contribution is 2.28. The van der Waals surface area contributed by atoms with Gasteiger partial charge in [0.05, 0.1) is 6.20 Å². The number of ether oxygens (including phenoxy) is 1. The average molecular weight is 276 g/mol. The normalized spacial score (nSPS) is 11.2. The minimum atomic E-state index is -0.648. The van der Waals surface area contributed by atoms with Crippen molar-refractivity contribution in [2.24, 2.45) is 5.84 Å². The SMILES string of the molecule is CC(C)(C)c1cccc(Oc2nc(NN)ncc2F)c1. The molecule has 20 heavy (non-hydrogen) atoms. The highest BCUT2D eigenvalue weighted by Gasteiger charge is 2.15. The number of nitrogens with two attached hydrogens (primary N) is 1. The van der Waals surface area contributed by atoms with Gasteiger partial charge < -0.3 is 4.74 Å². The molecule has 106 valence electrons. The third kappa shape index (κ3) is 3.21. The Morgan fingerprint density at radius 3 is 2.70 bits per heavy atom. The van der Waals surface area contributed by atoms with Crippen molar-refractivity contribution in [3.05, 3.63) is 41.8 Å². The molecule has 0 aliphatic carbocycles. The summed E-state index contributed by atoms with van der Waals surface area (Å²) < 4.78 is 19.1. The van der Waals surface area contributed by atoms with Gasteiger partial charge in [-0.25, -0.2) is 10.8 Å². The van der Waals surface area contributed by atoms with Crippen molar-refractivity contribution >= 4 is 5.95 Å². The van der Waals surface area contributed by atoms with Gasteiger partial charge in [0, 0.05) is 0 Å². The van der Waals surface area contributed by atoms with Crippen LogP contribution in [0.3, 0.4) is 0 Å². The van der Waals surface area contributed by atoms with Gasteiger partial charge in [-0.05, 0) is 23.1 Å². The first-order valence-corrected chi connectivity index (χ1v) is 6.17. The van der Waals surface area contributed by atoms with Crippen LogP contribution in [0.2, 0.25) is 0 Å². The number of hydrogen-bond acceptors (Lipinski definition) is 5. The standard InChI is InChI=1S/C14H17FN4O/c1-14(2,3)9-5-4-6-10(7-9)20-12-11(15)8-17-13(18-12)19-16/h4-8H,16H2,1-3H3,(H,17,18,19). The average Bonchev–Trinajstić information content (AvgIpc) is 2.41. The number of aromatic nitrogens is 2. The molecule has 0 aliphatic heterocycles. The minimum absolute atomic E-state index is 0.0203. The van der Waals surface area contributed by atoms with Crippen LogP contribution in [0.5, 0.6) is 11.6 Å². The second kappa shape index (κ2) is 5.42. The molecule has 0 fully saturated rings. The monoisotopic (exact) mass is 276 g/mol. The number of hydrogen-bond donors (Lipinski definition) is 2.